The average molecular weight is 360 g/mol. The van der Waals surface area contributed by atoms with Crippen LogP contribution in [-0.2, 0) is 0 Å². The van der Waals surface area contributed by atoms with Crippen LogP contribution in [0.3, 0.4) is 0 Å². The molecule has 0 fully saturated rings. The van der Waals surface area contributed by atoms with Gasteiger partial charge >= 0.3 is 0 Å². The van der Waals surface area contributed by atoms with Crippen LogP contribution in [0.5, 0.6) is 11.5 Å². The molecule has 4 rings (SSSR count). The molecule has 1 heterocycles. The first-order valence-electron chi connectivity index (χ1n) is 8.49. The second-order valence-electron chi connectivity index (χ2n) is 6.23. The molecule has 0 saturated carbocycles. The van der Waals surface area contributed by atoms with Gasteiger partial charge in [0.1, 0.15) is 28.1 Å². The van der Waals surface area contributed by atoms with E-state index in [1.165, 1.54) is 12.1 Å². The number of carbonyl (C=O) groups excluding carboxylic acids is 1. The highest BCUT2D eigenvalue weighted by atomic mass is 16.5. The van der Waals surface area contributed by atoms with Crippen molar-refractivity contribution in [3.63, 3.8) is 0 Å². The molecule has 1 N–H and O–H groups in total. The second kappa shape index (κ2) is 6.61. The van der Waals surface area contributed by atoms with E-state index in [1.54, 1.807) is 55.5 Å². The first-order chi connectivity index (χ1) is 13.0. The third-order valence-electron chi connectivity index (χ3n) is 4.37. The van der Waals surface area contributed by atoms with Crippen LogP contribution in [0.1, 0.15) is 17.3 Å². The summed E-state index contributed by atoms with van der Waals surface area (Å²) in [5.74, 6) is -0.188. The van der Waals surface area contributed by atoms with Gasteiger partial charge in [-0.3, -0.25) is 9.59 Å². The van der Waals surface area contributed by atoms with E-state index in [4.69, 9.17) is 9.15 Å². The Bertz CT molecular complexity index is 1210. The summed E-state index contributed by atoms with van der Waals surface area (Å²) in [7, 11) is 0. The monoisotopic (exact) mass is 360 g/mol. The molecule has 5 nitrogen and oxygen atoms in total. The summed E-state index contributed by atoms with van der Waals surface area (Å²) in [5, 5.41) is 10.8. The van der Waals surface area contributed by atoms with Crippen LogP contribution in [0, 0.1) is 0 Å². The van der Waals surface area contributed by atoms with Gasteiger partial charge in [-0.2, -0.15) is 0 Å². The van der Waals surface area contributed by atoms with Gasteiger partial charge in [-0.15, -0.1) is 0 Å². The largest absolute Gasteiger partial charge is 0.507 e. The van der Waals surface area contributed by atoms with E-state index in [-0.39, 0.29) is 33.7 Å². The maximum atomic E-state index is 12.6. The van der Waals surface area contributed by atoms with E-state index in [0.717, 1.165) is 0 Å². The average Bonchev–Trinajstić information content (AvgIpc) is 2.68. The molecular formula is C22H16O5. The predicted molar refractivity (Wildman–Crippen MR) is 103 cm³/mol. The zero-order valence-electron chi connectivity index (χ0n) is 14.5. The van der Waals surface area contributed by atoms with Crippen LogP contribution < -0.4 is 10.2 Å². The van der Waals surface area contributed by atoms with Gasteiger partial charge in [0.05, 0.1) is 5.39 Å². The highest BCUT2D eigenvalue weighted by Crippen LogP contribution is 2.31. The smallest absolute Gasteiger partial charge is 0.204 e. The van der Waals surface area contributed by atoms with Crippen molar-refractivity contribution in [1.29, 1.82) is 0 Å². The summed E-state index contributed by atoms with van der Waals surface area (Å²) in [5.41, 5.74) is 0.838. The number of para-hydroxylation sites is 1. The molecule has 0 aliphatic carbocycles. The van der Waals surface area contributed by atoms with Gasteiger partial charge in [0.25, 0.3) is 0 Å². The number of ketones is 1. The van der Waals surface area contributed by atoms with E-state index in [1.807, 2.05) is 6.07 Å². The third-order valence-corrected chi connectivity index (χ3v) is 4.37. The lowest BCUT2D eigenvalue weighted by molar-refractivity contribution is 0.0817. The van der Waals surface area contributed by atoms with Crippen molar-refractivity contribution in [2.24, 2.45) is 0 Å². The number of rotatable bonds is 4. The summed E-state index contributed by atoms with van der Waals surface area (Å²) >= 11 is 0. The van der Waals surface area contributed by atoms with Crippen molar-refractivity contribution < 1.29 is 19.1 Å². The number of hydrogen-bond acceptors (Lipinski definition) is 5. The van der Waals surface area contributed by atoms with Gasteiger partial charge < -0.3 is 14.3 Å². The van der Waals surface area contributed by atoms with Crippen molar-refractivity contribution in [3.05, 3.63) is 82.5 Å². The first-order valence-corrected chi connectivity index (χ1v) is 8.49. The highest BCUT2D eigenvalue weighted by Gasteiger charge is 2.19. The molecule has 0 radical (unpaired) electrons. The Hall–Kier alpha value is -3.60. The van der Waals surface area contributed by atoms with Crippen molar-refractivity contribution in [2.75, 3.05) is 0 Å². The summed E-state index contributed by atoms with van der Waals surface area (Å²) in [4.78, 5) is 25.1. The molecule has 134 valence electrons. The van der Waals surface area contributed by atoms with Crippen LogP contribution >= 0.6 is 0 Å². The zero-order valence-corrected chi connectivity index (χ0v) is 14.5. The standard InChI is InChI=1S/C22H16O5/c1-13(21(24)14-7-3-2-4-8-14)26-15-11-17(23)20-19(12-15)27-18-10-6-5-9-16(18)22(20)25/h2-13,23H,1H3/t13-/m1/s1. The van der Waals surface area contributed by atoms with E-state index < -0.39 is 6.10 Å². The number of aromatic hydroxyl groups is 1. The predicted octanol–water partition coefficient (Wildman–Crippen LogP) is 4.30. The van der Waals surface area contributed by atoms with Crippen LogP contribution in [0.25, 0.3) is 21.9 Å². The van der Waals surface area contributed by atoms with E-state index >= 15 is 0 Å². The van der Waals surface area contributed by atoms with Crippen molar-refractivity contribution in [2.45, 2.75) is 13.0 Å². The molecule has 3 aromatic carbocycles. The fraction of sp³-hybridized carbons (Fsp3) is 0.0909. The molecule has 0 bridgehead atoms. The minimum absolute atomic E-state index is 0.0862. The molecule has 0 aliphatic heterocycles. The molecular weight excluding hydrogens is 344 g/mol. The maximum Gasteiger partial charge on any atom is 0.204 e. The quantitative estimate of drug-likeness (QED) is 0.434. The number of carbonyl (C=O) groups is 1. The lowest BCUT2D eigenvalue weighted by Gasteiger charge is -2.14. The topological polar surface area (TPSA) is 76.7 Å². The molecule has 0 spiro atoms. The molecule has 0 saturated heterocycles. The first kappa shape index (κ1) is 16.8. The highest BCUT2D eigenvalue weighted by molar-refractivity contribution is 5.99. The fourth-order valence-corrected chi connectivity index (χ4v) is 3.04. The lowest BCUT2D eigenvalue weighted by Crippen LogP contribution is -2.23. The van der Waals surface area contributed by atoms with Crippen LogP contribution in [0.2, 0.25) is 0 Å². The Kier molecular flexibility index (Phi) is 4.12. The van der Waals surface area contributed by atoms with E-state index in [9.17, 15) is 14.7 Å². The zero-order chi connectivity index (χ0) is 19.0. The second-order valence-corrected chi connectivity index (χ2v) is 6.23. The third kappa shape index (κ3) is 3.04. The number of Topliss-reactive ketones (excluding diaryl/α,β-unsaturated/α-hetero) is 1. The van der Waals surface area contributed by atoms with Crippen molar-refractivity contribution >= 4 is 27.7 Å². The number of ether oxygens (including phenoxy) is 1. The Morgan fingerprint density at radius 3 is 2.48 bits per heavy atom. The van der Waals surface area contributed by atoms with Crippen LogP contribution in [-0.4, -0.2) is 17.0 Å². The number of benzene rings is 3. The number of phenols is 1. The minimum atomic E-state index is -0.767. The molecule has 0 amide bonds. The Morgan fingerprint density at radius 2 is 1.70 bits per heavy atom. The lowest BCUT2D eigenvalue weighted by atomic mass is 10.1. The van der Waals surface area contributed by atoms with Gasteiger partial charge in [-0.25, -0.2) is 0 Å². The summed E-state index contributed by atoms with van der Waals surface area (Å²) < 4.78 is 11.5. The molecule has 1 aromatic heterocycles. The number of fused-ring (bicyclic) bond motifs is 2. The molecule has 1 atom stereocenters. The molecule has 0 unspecified atom stereocenters. The van der Waals surface area contributed by atoms with E-state index in [0.29, 0.717) is 16.5 Å². The van der Waals surface area contributed by atoms with Crippen LogP contribution in [0.15, 0.2) is 75.9 Å². The molecule has 27 heavy (non-hydrogen) atoms. The summed E-state index contributed by atoms with van der Waals surface area (Å²) in [6.07, 6.45) is -0.767. The van der Waals surface area contributed by atoms with Crippen molar-refractivity contribution in [1.82, 2.24) is 0 Å². The number of hydrogen-bond donors (Lipinski definition) is 1. The Balaban J connectivity index is 1.74. The van der Waals surface area contributed by atoms with E-state index in [2.05, 4.69) is 0 Å². The Morgan fingerprint density at radius 1 is 1.00 bits per heavy atom. The van der Waals surface area contributed by atoms with Crippen molar-refractivity contribution in [3.8, 4) is 11.5 Å². The normalized spacial score (nSPS) is 12.2. The number of phenolic OH excluding ortho intramolecular Hbond substituents is 1. The van der Waals surface area contributed by atoms with Gasteiger partial charge in [-0.1, -0.05) is 42.5 Å². The van der Waals surface area contributed by atoms with Gasteiger partial charge in [0.15, 0.2) is 6.10 Å². The van der Waals surface area contributed by atoms with Gasteiger partial charge in [0.2, 0.25) is 11.2 Å². The SMILES string of the molecule is C[C@@H](Oc1cc(O)c2c(=O)c3ccccc3oc2c1)C(=O)c1ccccc1. The van der Waals surface area contributed by atoms with Gasteiger partial charge in [0, 0.05) is 17.7 Å². The molecule has 4 aromatic rings. The fourth-order valence-electron chi connectivity index (χ4n) is 3.04. The maximum absolute atomic E-state index is 12.6. The van der Waals surface area contributed by atoms with Crippen LogP contribution in [0.4, 0.5) is 0 Å². The molecule has 0 aliphatic rings. The van der Waals surface area contributed by atoms with Gasteiger partial charge in [-0.05, 0) is 19.1 Å². The summed E-state index contributed by atoms with van der Waals surface area (Å²) in [6.45, 7) is 1.63. The Labute approximate surface area is 154 Å². The molecule has 5 heteroatoms. The summed E-state index contributed by atoms with van der Waals surface area (Å²) in [6, 6.07) is 18.5. The minimum Gasteiger partial charge on any atom is -0.507 e.